The first-order valence-corrected chi connectivity index (χ1v) is 8.36. The van der Waals surface area contributed by atoms with Crippen LogP contribution in [-0.2, 0) is 4.74 Å². The van der Waals surface area contributed by atoms with Gasteiger partial charge in [0.2, 0.25) is 0 Å². The van der Waals surface area contributed by atoms with E-state index in [0.29, 0.717) is 23.1 Å². The minimum absolute atomic E-state index is 0.0878. The molecule has 0 bridgehead atoms. The Kier molecular flexibility index (Phi) is 5.67. The van der Waals surface area contributed by atoms with Crippen LogP contribution in [0.15, 0.2) is 30.6 Å². The summed E-state index contributed by atoms with van der Waals surface area (Å²) >= 11 is 6.11. The number of hydrogen-bond acceptors (Lipinski definition) is 6. The molecule has 1 atom stereocenters. The molecule has 3 rings (SSSR count). The lowest BCUT2D eigenvalue weighted by molar-refractivity contribution is 0.0853. The van der Waals surface area contributed by atoms with Gasteiger partial charge in [0.15, 0.2) is 0 Å². The number of methoxy groups -OCH3 is 1. The van der Waals surface area contributed by atoms with Crippen LogP contribution in [0.25, 0.3) is 0 Å². The number of nitrogens with one attached hydrogen (secondary N) is 2. The van der Waals surface area contributed by atoms with Gasteiger partial charge >= 0.3 is 0 Å². The fourth-order valence-electron chi connectivity index (χ4n) is 2.54. The molecule has 1 fully saturated rings. The molecule has 2 aromatic rings. The van der Waals surface area contributed by atoms with E-state index in [1.807, 2.05) is 6.07 Å². The molecule has 1 aliphatic heterocycles. The molecule has 8 heteroatoms. The normalized spacial score (nSPS) is 16.5. The van der Waals surface area contributed by atoms with Crippen molar-refractivity contribution in [2.24, 2.45) is 0 Å². The minimum Gasteiger partial charge on any atom is -0.495 e. The third-order valence-corrected chi connectivity index (χ3v) is 4.13. The summed E-state index contributed by atoms with van der Waals surface area (Å²) in [6.45, 7) is 1.24. The van der Waals surface area contributed by atoms with Crippen LogP contribution in [0.5, 0.6) is 5.75 Å². The van der Waals surface area contributed by atoms with E-state index in [2.05, 4.69) is 20.6 Å². The van der Waals surface area contributed by atoms with Crippen LogP contribution in [0, 0.1) is 0 Å². The van der Waals surface area contributed by atoms with Crippen LogP contribution in [0.3, 0.4) is 0 Å². The first-order valence-electron chi connectivity index (χ1n) is 7.98. The van der Waals surface area contributed by atoms with Gasteiger partial charge in [0.25, 0.3) is 5.91 Å². The quantitative estimate of drug-likeness (QED) is 0.821. The molecule has 0 saturated carbocycles. The zero-order valence-corrected chi connectivity index (χ0v) is 14.5. The second-order valence-electron chi connectivity index (χ2n) is 5.61. The SMILES string of the molecule is COc1ccc(Nc2cc(C(=O)NCC3CCCO3)ncn2)cc1Cl. The lowest BCUT2D eigenvalue weighted by Crippen LogP contribution is -2.32. The smallest absolute Gasteiger partial charge is 0.270 e. The monoisotopic (exact) mass is 362 g/mol. The summed E-state index contributed by atoms with van der Waals surface area (Å²) in [5, 5.41) is 6.41. The number of aromatic nitrogens is 2. The van der Waals surface area contributed by atoms with Crippen LogP contribution in [0.2, 0.25) is 5.02 Å². The van der Waals surface area contributed by atoms with Crippen molar-refractivity contribution < 1.29 is 14.3 Å². The second-order valence-corrected chi connectivity index (χ2v) is 6.02. The number of benzene rings is 1. The lowest BCUT2D eigenvalue weighted by Gasteiger charge is -2.11. The maximum absolute atomic E-state index is 12.2. The third-order valence-electron chi connectivity index (χ3n) is 3.84. The molecule has 1 amide bonds. The molecule has 1 saturated heterocycles. The number of ether oxygens (including phenoxy) is 2. The van der Waals surface area contributed by atoms with Gasteiger partial charge in [-0.15, -0.1) is 0 Å². The molecule has 0 spiro atoms. The Morgan fingerprint density at radius 2 is 2.28 bits per heavy atom. The zero-order chi connectivity index (χ0) is 17.6. The Bertz CT molecular complexity index is 750. The molecular weight excluding hydrogens is 344 g/mol. The standard InChI is InChI=1S/C17H19ClN4O3/c1-24-15-5-4-11(7-13(15)18)22-16-8-14(20-10-21-16)17(23)19-9-12-3-2-6-25-12/h4-5,7-8,10,12H,2-3,6,9H2,1H3,(H,19,23)(H,20,21,22). The summed E-state index contributed by atoms with van der Waals surface area (Å²) < 4.78 is 10.6. The van der Waals surface area contributed by atoms with Crippen molar-refractivity contribution in [1.29, 1.82) is 0 Å². The van der Waals surface area contributed by atoms with Crippen LogP contribution in [0.4, 0.5) is 11.5 Å². The van der Waals surface area contributed by atoms with Crippen LogP contribution >= 0.6 is 11.6 Å². The number of carbonyl (C=O) groups is 1. The summed E-state index contributed by atoms with van der Waals surface area (Å²) in [6, 6.07) is 6.87. The highest BCUT2D eigenvalue weighted by Gasteiger charge is 2.17. The number of rotatable bonds is 6. The fourth-order valence-corrected chi connectivity index (χ4v) is 2.80. The molecule has 132 valence electrons. The number of carbonyl (C=O) groups excluding carboxylic acids is 1. The molecule has 1 aromatic carbocycles. The van der Waals surface area contributed by atoms with Crippen molar-refractivity contribution in [3.63, 3.8) is 0 Å². The Morgan fingerprint density at radius 1 is 1.40 bits per heavy atom. The maximum Gasteiger partial charge on any atom is 0.270 e. The predicted molar refractivity (Wildman–Crippen MR) is 94.6 cm³/mol. The summed E-state index contributed by atoms with van der Waals surface area (Å²) in [7, 11) is 1.56. The van der Waals surface area contributed by atoms with Gasteiger partial charge in [-0.2, -0.15) is 0 Å². The van der Waals surface area contributed by atoms with Gasteiger partial charge in [0.1, 0.15) is 23.6 Å². The highest BCUT2D eigenvalue weighted by atomic mass is 35.5. The van der Waals surface area contributed by atoms with E-state index in [9.17, 15) is 4.79 Å². The van der Waals surface area contributed by atoms with Crippen LogP contribution < -0.4 is 15.4 Å². The Labute approximate surface area is 150 Å². The number of halogens is 1. The Hall–Kier alpha value is -2.38. The average Bonchev–Trinajstić information content (AvgIpc) is 3.14. The molecule has 1 unspecified atom stereocenters. The van der Waals surface area contributed by atoms with Crippen molar-refractivity contribution >= 4 is 29.0 Å². The van der Waals surface area contributed by atoms with Crippen molar-refractivity contribution in [3.05, 3.63) is 41.3 Å². The van der Waals surface area contributed by atoms with E-state index in [1.54, 1.807) is 25.3 Å². The average molecular weight is 363 g/mol. The first-order chi connectivity index (χ1) is 12.2. The molecule has 0 radical (unpaired) electrons. The summed E-state index contributed by atoms with van der Waals surface area (Å²) in [4.78, 5) is 20.4. The minimum atomic E-state index is -0.256. The lowest BCUT2D eigenvalue weighted by atomic mass is 10.2. The van der Waals surface area contributed by atoms with Gasteiger partial charge in [0, 0.05) is 24.9 Å². The molecule has 2 heterocycles. The van der Waals surface area contributed by atoms with Gasteiger partial charge in [-0.25, -0.2) is 9.97 Å². The number of hydrogen-bond donors (Lipinski definition) is 2. The number of amides is 1. The van der Waals surface area contributed by atoms with Gasteiger partial charge < -0.3 is 20.1 Å². The Balaban J connectivity index is 1.64. The van der Waals surface area contributed by atoms with Gasteiger partial charge in [-0.3, -0.25) is 4.79 Å². The summed E-state index contributed by atoms with van der Waals surface area (Å²) in [6.07, 6.45) is 3.43. The zero-order valence-electron chi connectivity index (χ0n) is 13.8. The van der Waals surface area contributed by atoms with E-state index >= 15 is 0 Å². The van der Waals surface area contributed by atoms with Gasteiger partial charge in [-0.05, 0) is 31.0 Å². The molecule has 0 aliphatic carbocycles. The van der Waals surface area contributed by atoms with Crippen LogP contribution in [0.1, 0.15) is 23.3 Å². The molecule has 7 nitrogen and oxygen atoms in total. The first kappa shape index (κ1) is 17.4. The number of anilines is 2. The largest absolute Gasteiger partial charge is 0.495 e. The molecule has 2 N–H and O–H groups in total. The maximum atomic E-state index is 12.2. The highest BCUT2D eigenvalue weighted by Crippen LogP contribution is 2.28. The van der Waals surface area contributed by atoms with Gasteiger partial charge in [-0.1, -0.05) is 11.6 Å². The summed E-state index contributed by atoms with van der Waals surface area (Å²) in [5.74, 6) is 0.830. The van der Waals surface area contributed by atoms with Gasteiger partial charge in [0.05, 0.1) is 18.2 Å². The van der Waals surface area contributed by atoms with Crippen molar-refractivity contribution in [2.45, 2.75) is 18.9 Å². The van der Waals surface area contributed by atoms with Crippen molar-refractivity contribution in [1.82, 2.24) is 15.3 Å². The van der Waals surface area contributed by atoms with E-state index in [-0.39, 0.29) is 17.7 Å². The van der Waals surface area contributed by atoms with Crippen molar-refractivity contribution in [3.8, 4) is 5.75 Å². The molecule has 25 heavy (non-hydrogen) atoms. The highest BCUT2D eigenvalue weighted by molar-refractivity contribution is 6.32. The molecular formula is C17H19ClN4O3. The predicted octanol–water partition coefficient (Wildman–Crippen LogP) is 2.79. The molecule has 1 aromatic heterocycles. The van der Waals surface area contributed by atoms with Crippen LogP contribution in [-0.4, -0.2) is 42.2 Å². The number of nitrogens with zero attached hydrogens (tertiary/aromatic N) is 2. The topological polar surface area (TPSA) is 85.4 Å². The molecule has 1 aliphatic rings. The van der Waals surface area contributed by atoms with E-state index in [0.717, 1.165) is 25.1 Å². The summed E-state index contributed by atoms with van der Waals surface area (Å²) in [5.41, 5.74) is 1.02. The Morgan fingerprint density at radius 3 is 3.00 bits per heavy atom. The second kappa shape index (κ2) is 8.13. The third kappa shape index (κ3) is 4.58. The van der Waals surface area contributed by atoms with E-state index < -0.39 is 0 Å². The van der Waals surface area contributed by atoms with E-state index in [4.69, 9.17) is 21.1 Å². The van der Waals surface area contributed by atoms with Crippen molar-refractivity contribution in [2.75, 3.05) is 25.6 Å². The fraction of sp³-hybridized carbons (Fsp3) is 0.353. The van der Waals surface area contributed by atoms with E-state index in [1.165, 1.54) is 6.33 Å².